The molecule has 2 atom stereocenters. The Morgan fingerprint density at radius 1 is 0.935 bits per heavy atom. The molecule has 0 radical (unpaired) electrons. The molecule has 7 heteroatoms. The van der Waals surface area contributed by atoms with E-state index in [-0.39, 0.29) is 24.5 Å². The van der Waals surface area contributed by atoms with Gasteiger partial charge in [-0.05, 0) is 37.1 Å². The second-order valence-electron chi connectivity index (χ2n) is 8.27. The molecule has 1 saturated heterocycles. The highest BCUT2D eigenvalue weighted by atomic mass is 16.6. The number of piperazine rings is 1. The van der Waals surface area contributed by atoms with E-state index in [1.54, 1.807) is 0 Å². The minimum Gasteiger partial charge on any atom is -0.485 e. The Labute approximate surface area is 182 Å². The number of rotatable bonds is 3. The van der Waals surface area contributed by atoms with Crippen LogP contribution in [0.25, 0.3) is 0 Å². The van der Waals surface area contributed by atoms with Crippen molar-refractivity contribution in [2.24, 2.45) is 0 Å². The lowest BCUT2D eigenvalue weighted by molar-refractivity contribution is -0.143. The summed E-state index contributed by atoms with van der Waals surface area (Å²) in [7, 11) is 0. The normalized spacial score (nSPS) is 21.5. The van der Waals surface area contributed by atoms with Gasteiger partial charge in [0, 0.05) is 38.4 Å². The van der Waals surface area contributed by atoms with Crippen molar-refractivity contribution in [1.82, 2.24) is 9.80 Å². The summed E-state index contributed by atoms with van der Waals surface area (Å²) in [5.74, 6) is 1.36. The predicted octanol–water partition coefficient (Wildman–Crippen LogP) is 1.95. The summed E-state index contributed by atoms with van der Waals surface area (Å²) in [4.78, 5) is 32.0. The molecule has 162 valence electrons. The summed E-state index contributed by atoms with van der Waals surface area (Å²) >= 11 is 0. The Hall–Kier alpha value is -3.06. The van der Waals surface area contributed by atoms with Gasteiger partial charge in [0.25, 0.3) is 5.91 Å². The second-order valence-corrected chi connectivity index (χ2v) is 8.27. The van der Waals surface area contributed by atoms with Crippen LogP contribution in [0.3, 0.4) is 0 Å². The van der Waals surface area contributed by atoms with Crippen LogP contribution >= 0.6 is 0 Å². The van der Waals surface area contributed by atoms with Gasteiger partial charge in [-0.3, -0.25) is 14.5 Å². The number of hydrogen-bond donors (Lipinski definition) is 0. The summed E-state index contributed by atoms with van der Waals surface area (Å²) in [6.45, 7) is 5.41. The van der Waals surface area contributed by atoms with Crippen molar-refractivity contribution >= 4 is 17.5 Å². The Kier molecular flexibility index (Phi) is 5.28. The molecule has 3 aliphatic rings. The lowest BCUT2D eigenvalue weighted by Gasteiger charge is -2.39. The molecule has 2 aromatic rings. The molecule has 3 heterocycles. The molecule has 0 aromatic heterocycles. The summed E-state index contributed by atoms with van der Waals surface area (Å²) < 4.78 is 11.6. The zero-order chi connectivity index (χ0) is 21.4. The number of para-hydroxylation sites is 3. The highest BCUT2D eigenvalue weighted by molar-refractivity contribution is 5.98. The number of carbonyl (C=O) groups excluding carboxylic acids is 2. The topological polar surface area (TPSA) is 62.3 Å². The Morgan fingerprint density at radius 3 is 2.45 bits per heavy atom. The fourth-order valence-electron chi connectivity index (χ4n) is 4.62. The van der Waals surface area contributed by atoms with Gasteiger partial charge >= 0.3 is 0 Å². The van der Waals surface area contributed by atoms with Gasteiger partial charge in [-0.15, -0.1) is 0 Å². The highest BCUT2D eigenvalue weighted by Crippen LogP contribution is 2.32. The molecule has 0 saturated carbocycles. The highest BCUT2D eigenvalue weighted by Gasteiger charge is 2.36. The molecule has 0 spiro atoms. The van der Waals surface area contributed by atoms with E-state index in [0.717, 1.165) is 18.7 Å². The third-order valence-corrected chi connectivity index (χ3v) is 6.47. The Bertz CT molecular complexity index is 986. The molecule has 7 nitrogen and oxygen atoms in total. The zero-order valence-electron chi connectivity index (χ0n) is 17.7. The van der Waals surface area contributed by atoms with Gasteiger partial charge in [0.15, 0.2) is 11.5 Å². The lowest BCUT2D eigenvalue weighted by Crippen LogP contribution is -2.57. The SMILES string of the molecule is C[C@H](C(=O)N1CCc2ccccc21)N1CCN(C(=O)[C@H]2COc3ccccc3O2)CC1. The summed E-state index contributed by atoms with van der Waals surface area (Å²) in [5.41, 5.74) is 2.26. The number of anilines is 1. The van der Waals surface area contributed by atoms with Crippen molar-refractivity contribution < 1.29 is 19.1 Å². The third-order valence-electron chi connectivity index (χ3n) is 6.47. The Morgan fingerprint density at radius 2 is 1.65 bits per heavy atom. The van der Waals surface area contributed by atoms with Gasteiger partial charge in [0.1, 0.15) is 6.61 Å². The number of hydrogen-bond acceptors (Lipinski definition) is 5. The van der Waals surface area contributed by atoms with Gasteiger partial charge in [0.2, 0.25) is 12.0 Å². The van der Waals surface area contributed by atoms with Gasteiger partial charge < -0.3 is 19.3 Å². The van der Waals surface area contributed by atoms with Gasteiger partial charge in [-0.1, -0.05) is 30.3 Å². The molecule has 0 aliphatic carbocycles. The molecule has 31 heavy (non-hydrogen) atoms. The van der Waals surface area contributed by atoms with Crippen LogP contribution in [0.1, 0.15) is 12.5 Å². The number of fused-ring (bicyclic) bond motifs is 2. The Balaban J connectivity index is 1.17. The van der Waals surface area contributed by atoms with Crippen molar-refractivity contribution in [2.75, 3.05) is 44.2 Å². The van der Waals surface area contributed by atoms with Gasteiger partial charge in [-0.2, -0.15) is 0 Å². The standard InChI is InChI=1S/C24H27N3O4/c1-17(23(28)27-11-10-18-6-2-3-7-19(18)27)25-12-14-26(15-13-25)24(29)22-16-30-20-8-4-5-9-21(20)31-22/h2-9,17,22H,10-16H2,1H3/t17-,22-/m1/s1. The second kappa shape index (κ2) is 8.23. The van der Waals surface area contributed by atoms with E-state index in [1.165, 1.54) is 5.56 Å². The summed E-state index contributed by atoms with van der Waals surface area (Å²) in [5, 5.41) is 0. The zero-order valence-corrected chi connectivity index (χ0v) is 17.7. The van der Waals surface area contributed by atoms with Crippen LogP contribution in [-0.4, -0.2) is 73.1 Å². The maximum absolute atomic E-state index is 13.2. The van der Waals surface area contributed by atoms with Crippen molar-refractivity contribution in [1.29, 1.82) is 0 Å². The minimum absolute atomic E-state index is 0.0541. The number of nitrogens with zero attached hydrogens (tertiary/aromatic N) is 3. The fourth-order valence-corrected chi connectivity index (χ4v) is 4.62. The molecule has 0 unspecified atom stereocenters. The maximum atomic E-state index is 13.2. The number of ether oxygens (including phenoxy) is 2. The molecular formula is C24H27N3O4. The first-order valence-corrected chi connectivity index (χ1v) is 10.9. The van der Waals surface area contributed by atoms with E-state index in [0.29, 0.717) is 37.7 Å². The van der Waals surface area contributed by atoms with Gasteiger partial charge in [0.05, 0.1) is 6.04 Å². The molecule has 0 N–H and O–H groups in total. The van der Waals surface area contributed by atoms with E-state index in [4.69, 9.17) is 9.47 Å². The summed E-state index contributed by atoms with van der Waals surface area (Å²) in [6.07, 6.45) is 0.283. The van der Waals surface area contributed by atoms with E-state index >= 15 is 0 Å². The van der Waals surface area contributed by atoms with E-state index in [9.17, 15) is 9.59 Å². The first kappa shape index (κ1) is 19.9. The molecule has 5 rings (SSSR count). The van der Waals surface area contributed by atoms with E-state index < -0.39 is 6.10 Å². The quantitative estimate of drug-likeness (QED) is 0.758. The smallest absolute Gasteiger partial charge is 0.267 e. The average molecular weight is 421 g/mol. The van der Waals surface area contributed by atoms with Crippen LogP contribution in [0.5, 0.6) is 11.5 Å². The molecule has 1 fully saturated rings. The third kappa shape index (κ3) is 3.74. The van der Waals surface area contributed by atoms with Crippen LogP contribution in [0.2, 0.25) is 0 Å². The van der Waals surface area contributed by atoms with Crippen molar-refractivity contribution in [3.05, 3.63) is 54.1 Å². The van der Waals surface area contributed by atoms with Crippen LogP contribution in [0, 0.1) is 0 Å². The minimum atomic E-state index is -0.624. The fraction of sp³-hybridized carbons (Fsp3) is 0.417. The monoisotopic (exact) mass is 421 g/mol. The molecule has 2 aromatic carbocycles. The van der Waals surface area contributed by atoms with E-state index in [2.05, 4.69) is 11.0 Å². The molecule has 0 bridgehead atoms. The lowest BCUT2D eigenvalue weighted by atomic mass is 10.1. The number of benzene rings is 2. The van der Waals surface area contributed by atoms with Crippen LogP contribution in [0.15, 0.2) is 48.5 Å². The van der Waals surface area contributed by atoms with Crippen LogP contribution in [0.4, 0.5) is 5.69 Å². The van der Waals surface area contributed by atoms with Crippen molar-refractivity contribution in [2.45, 2.75) is 25.5 Å². The van der Waals surface area contributed by atoms with Crippen molar-refractivity contribution in [3.8, 4) is 11.5 Å². The number of amides is 2. The molecule has 2 amide bonds. The number of carbonyl (C=O) groups is 2. The van der Waals surface area contributed by atoms with E-state index in [1.807, 2.05) is 59.2 Å². The molecular weight excluding hydrogens is 394 g/mol. The summed E-state index contributed by atoms with van der Waals surface area (Å²) in [6, 6.07) is 15.3. The molecule has 3 aliphatic heterocycles. The first-order valence-electron chi connectivity index (χ1n) is 10.9. The first-order chi connectivity index (χ1) is 15.1. The van der Waals surface area contributed by atoms with Gasteiger partial charge in [-0.25, -0.2) is 0 Å². The van der Waals surface area contributed by atoms with Crippen molar-refractivity contribution in [3.63, 3.8) is 0 Å². The average Bonchev–Trinajstić information content (AvgIpc) is 3.26. The van der Waals surface area contributed by atoms with Crippen LogP contribution in [-0.2, 0) is 16.0 Å². The predicted molar refractivity (Wildman–Crippen MR) is 116 cm³/mol. The largest absolute Gasteiger partial charge is 0.485 e. The maximum Gasteiger partial charge on any atom is 0.267 e. The van der Waals surface area contributed by atoms with Crippen LogP contribution < -0.4 is 14.4 Å².